The van der Waals surface area contributed by atoms with Crippen molar-refractivity contribution in [2.75, 3.05) is 49.3 Å². The number of carbonyl (C=O) groups excluding carboxylic acids is 3. The summed E-state index contributed by atoms with van der Waals surface area (Å²) in [5.41, 5.74) is 0.423. The minimum absolute atomic E-state index is 0.00146. The molecule has 2 aliphatic heterocycles. The highest BCUT2D eigenvalue weighted by molar-refractivity contribution is 6.04. The summed E-state index contributed by atoms with van der Waals surface area (Å²) < 4.78 is 17.5. The Kier molecular flexibility index (Phi) is 9.21. The molecule has 0 bridgehead atoms. The molecule has 0 spiro atoms. The van der Waals surface area contributed by atoms with E-state index in [1.165, 1.54) is 0 Å². The fourth-order valence-corrected chi connectivity index (χ4v) is 6.41. The molecule has 10 heteroatoms. The van der Waals surface area contributed by atoms with Crippen molar-refractivity contribution < 1.29 is 28.6 Å². The predicted octanol–water partition coefficient (Wildman–Crippen LogP) is 3.02. The van der Waals surface area contributed by atoms with Crippen LogP contribution in [0.15, 0.2) is 18.2 Å². The van der Waals surface area contributed by atoms with Gasteiger partial charge in [0.25, 0.3) is 5.91 Å². The molecule has 226 valence electrons. The van der Waals surface area contributed by atoms with Crippen LogP contribution in [-0.4, -0.2) is 81.0 Å². The number of fused-ring (bicyclic) bond motifs is 1. The molecular formula is C31H46N4O6. The number of benzene rings is 1. The summed E-state index contributed by atoms with van der Waals surface area (Å²) >= 11 is 0. The molecule has 2 heterocycles. The SMILES string of the molecule is CCOCCN1C(=O)C(C)(C)Oc2ccc(N(C(=O)[C@H]3CNC[C@@H](C(=O)N[C@H]4CCC[C@@H]4OCC)C3)C3CC3)cc21. The molecule has 3 amide bonds. The highest BCUT2D eigenvalue weighted by atomic mass is 16.5. The van der Waals surface area contributed by atoms with Crippen molar-refractivity contribution in [2.24, 2.45) is 11.8 Å². The maximum absolute atomic E-state index is 14.1. The van der Waals surface area contributed by atoms with E-state index in [1.54, 1.807) is 18.7 Å². The average Bonchev–Trinajstić information content (AvgIpc) is 3.70. The first-order valence-electron chi connectivity index (χ1n) is 15.4. The highest BCUT2D eigenvalue weighted by Crippen LogP contribution is 2.43. The molecule has 0 radical (unpaired) electrons. The molecule has 4 aliphatic rings. The lowest BCUT2D eigenvalue weighted by atomic mass is 9.88. The van der Waals surface area contributed by atoms with E-state index in [9.17, 15) is 14.4 Å². The quantitative estimate of drug-likeness (QED) is 0.394. The number of ether oxygens (including phenoxy) is 3. The Bertz CT molecular complexity index is 1120. The van der Waals surface area contributed by atoms with Crippen molar-refractivity contribution in [1.82, 2.24) is 10.6 Å². The molecule has 3 fully saturated rings. The first-order valence-corrected chi connectivity index (χ1v) is 15.4. The Balaban J connectivity index is 1.32. The molecule has 2 aliphatic carbocycles. The second kappa shape index (κ2) is 12.7. The van der Waals surface area contributed by atoms with Crippen molar-refractivity contribution in [2.45, 2.75) is 90.0 Å². The summed E-state index contributed by atoms with van der Waals surface area (Å²) in [6, 6.07) is 5.84. The van der Waals surface area contributed by atoms with Crippen molar-refractivity contribution in [1.29, 1.82) is 0 Å². The van der Waals surface area contributed by atoms with Crippen LogP contribution in [0.4, 0.5) is 11.4 Å². The van der Waals surface area contributed by atoms with Gasteiger partial charge in [0, 0.05) is 44.6 Å². The van der Waals surface area contributed by atoms with Crippen LogP contribution in [-0.2, 0) is 23.9 Å². The number of hydrogen-bond acceptors (Lipinski definition) is 7. The monoisotopic (exact) mass is 570 g/mol. The van der Waals surface area contributed by atoms with Crippen molar-refractivity contribution in [3.63, 3.8) is 0 Å². The Morgan fingerprint density at radius 3 is 2.63 bits per heavy atom. The van der Waals surface area contributed by atoms with Gasteiger partial charge < -0.3 is 34.6 Å². The van der Waals surface area contributed by atoms with Gasteiger partial charge in [0.1, 0.15) is 5.75 Å². The van der Waals surface area contributed by atoms with E-state index in [0.717, 1.165) is 37.8 Å². The molecule has 1 aromatic rings. The fraction of sp³-hybridized carbons (Fsp3) is 0.710. The van der Waals surface area contributed by atoms with Crippen LogP contribution < -0.4 is 25.2 Å². The van der Waals surface area contributed by atoms with Crippen LogP contribution in [0.2, 0.25) is 0 Å². The third kappa shape index (κ3) is 6.54. The molecule has 10 nitrogen and oxygen atoms in total. The lowest BCUT2D eigenvalue weighted by molar-refractivity contribution is -0.133. The number of piperidine rings is 1. The Morgan fingerprint density at radius 1 is 1.12 bits per heavy atom. The molecule has 4 atom stereocenters. The average molecular weight is 571 g/mol. The van der Waals surface area contributed by atoms with E-state index in [2.05, 4.69) is 10.6 Å². The summed E-state index contributed by atoms with van der Waals surface area (Å²) in [6.07, 6.45) is 5.40. The second-order valence-corrected chi connectivity index (χ2v) is 12.2. The first-order chi connectivity index (χ1) is 19.7. The number of nitrogens with zero attached hydrogens (tertiary/aromatic N) is 2. The summed E-state index contributed by atoms with van der Waals surface area (Å²) in [7, 11) is 0. The van der Waals surface area contributed by atoms with Crippen LogP contribution in [0.1, 0.15) is 66.2 Å². The largest absolute Gasteiger partial charge is 0.476 e. The number of carbonyl (C=O) groups is 3. The van der Waals surface area contributed by atoms with Gasteiger partial charge in [0.15, 0.2) is 5.60 Å². The lowest BCUT2D eigenvalue weighted by Gasteiger charge is -2.39. The number of amides is 3. The molecule has 1 aromatic carbocycles. The number of nitrogens with one attached hydrogen (secondary N) is 2. The highest BCUT2D eigenvalue weighted by Gasteiger charge is 2.43. The fourth-order valence-electron chi connectivity index (χ4n) is 6.41. The van der Waals surface area contributed by atoms with E-state index < -0.39 is 5.60 Å². The molecular weight excluding hydrogens is 524 g/mol. The van der Waals surface area contributed by atoms with Gasteiger partial charge in [-0.1, -0.05) is 0 Å². The maximum Gasteiger partial charge on any atom is 0.270 e. The van der Waals surface area contributed by atoms with E-state index in [0.29, 0.717) is 57.3 Å². The maximum atomic E-state index is 14.1. The smallest absolute Gasteiger partial charge is 0.270 e. The molecule has 5 rings (SSSR count). The molecule has 1 saturated heterocycles. The van der Waals surface area contributed by atoms with Crippen molar-refractivity contribution >= 4 is 29.1 Å². The van der Waals surface area contributed by atoms with E-state index in [1.807, 2.05) is 36.9 Å². The van der Waals surface area contributed by atoms with Crippen LogP contribution in [0, 0.1) is 11.8 Å². The van der Waals surface area contributed by atoms with Crippen LogP contribution >= 0.6 is 0 Å². The summed E-state index contributed by atoms with van der Waals surface area (Å²) in [6.45, 7) is 10.6. The molecule has 0 unspecified atom stereocenters. The van der Waals surface area contributed by atoms with E-state index in [4.69, 9.17) is 14.2 Å². The predicted molar refractivity (Wildman–Crippen MR) is 156 cm³/mol. The number of rotatable bonds is 11. The van der Waals surface area contributed by atoms with Gasteiger partial charge in [0.2, 0.25) is 11.8 Å². The lowest BCUT2D eigenvalue weighted by Crippen LogP contribution is -2.53. The number of hydrogen-bond donors (Lipinski definition) is 2. The van der Waals surface area contributed by atoms with Gasteiger partial charge in [-0.15, -0.1) is 0 Å². The standard InChI is InChI=1S/C31H46N4O6/c1-5-39-15-14-34-25-17-23(12-13-27(25)41-31(3,4)30(34)38)35(22-10-11-22)29(37)21-16-20(18-32-19-21)28(36)33-24-8-7-9-26(24)40-6-2/h12-13,17,20-22,24,26,32H,5-11,14-16,18-19H2,1-4H3,(H,33,36)/t20-,21+,24-,26-/m0/s1. The van der Waals surface area contributed by atoms with Gasteiger partial charge in [-0.3, -0.25) is 14.4 Å². The zero-order valence-electron chi connectivity index (χ0n) is 24.9. The van der Waals surface area contributed by atoms with Gasteiger partial charge >= 0.3 is 0 Å². The molecule has 41 heavy (non-hydrogen) atoms. The molecule has 2 N–H and O–H groups in total. The summed E-state index contributed by atoms with van der Waals surface area (Å²) in [5.74, 6) is -0.0752. The first kappa shape index (κ1) is 29.8. The minimum Gasteiger partial charge on any atom is -0.476 e. The van der Waals surface area contributed by atoms with Gasteiger partial charge in [-0.05, 0) is 84.4 Å². The molecule has 2 saturated carbocycles. The Morgan fingerprint density at radius 2 is 1.90 bits per heavy atom. The Labute approximate surface area is 243 Å². The summed E-state index contributed by atoms with van der Waals surface area (Å²) in [5, 5.41) is 6.57. The summed E-state index contributed by atoms with van der Waals surface area (Å²) in [4.78, 5) is 44.2. The van der Waals surface area contributed by atoms with Gasteiger partial charge in [-0.2, -0.15) is 0 Å². The van der Waals surface area contributed by atoms with Crippen LogP contribution in [0.3, 0.4) is 0 Å². The Hall–Kier alpha value is -2.69. The van der Waals surface area contributed by atoms with Gasteiger partial charge in [0.05, 0.1) is 36.3 Å². The van der Waals surface area contributed by atoms with Crippen molar-refractivity contribution in [3.05, 3.63) is 18.2 Å². The van der Waals surface area contributed by atoms with Gasteiger partial charge in [-0.25, -0.2) is 0 Å². The molecule has 0 aromatic heterocycles. The van der Waals surface area contributed by atoms with Crippen LogP contribution in [0.25, 0.3) is 0 Å². The van der Waals surface area contributed by atoms with Crippen molar-refractivity contribution in [3.8, 4) is 5.75 Å². The third-order valence-electron chi connectivity index (χ3n) is 8.68. The van der Waals surface area contributed by atoms with Crippen LogP contribution in [0.5, 0.6) is 5.75 Å². The zero-order chi connectivity index (χ0) is 29.1. The number of anilines is 2. The zero-order valence-corrected chi connectivity index (χ0v) is 24.9. The van der Waals surface area contributed by atoms with E-state index in [-0.39, 0.29) is 47.7 Å². The second-order valence-electron chi connectivity index (χ2n) is 12.2. The topological polar surface area (TPSA) is 109 Å². The normalized spacial score (nSPS) is 27.2. The third-order valence-corrected chi connectivity index (χ3v) is 8.68. The minimum atomic E-state index is -0.989. The van der Waals surface area contributed by atoms with E-state index >= 15 is 0 Å².